The SMILES string of the molecule is CCc1ccc(N2C(=O)NC(c3cccc(F)c3)C(c3nc(-c4ccc(OC)cc4)no3)=C2C)cc1. The van der Waals surface area contributed by atoms with Crippen LogP contribution in [-0.2, 0) is 6.42 Å². The molecule has 1 aliphatic heterocycles. The quantitative estimate of drug-likeness (QED) is 0.355. The molecule has 36 heavy (non-hydrogen) atoms. The van der Waals surface area contributed by atoms with Crippen LogP contribution in [0, 0.1) is 5.82 Å². The van der Waals surface area contributed by atoms with Gasteiger partial charge < -0.3 is 14.6 Å². The summed E-state index contributed by atoms with van der Waals surface area (Å²) in [5.74, 6) is 0.942. The third-order valence-electron chi connectivity index (χ3n) is 6.27. The fourth-order valence-electron chi connectivity index (χ4n) is 4.34. The number of hydrogen-bond acceptors (Lipinski definition) is 5. The van der Waals surface area contributed by atoms with E-state index in [0.717, 1.165) is 17.5 Å². The van der Waals surface area contributed by atoms with Crippen LogP contribution in [0.4, 0.5) is 14.9 Å². The number of methoxy groups -OCH3 is 1. The van der Waals surface area contributed by atoms with Crippen LogP contribution in [-0.4, -0.2) is 23.3 Å². The number of urea groups is 1. The second kappa shape index (κ2) is 9.65. The Hall–Kier alpha value is -4.46. The van der Waals surface area contributed by atoms with E-state index in [9.17, 15) is 9.18 Å². The smallest absolute Gasteiger partial charge is 0.326 e. The van der Waals surface area contributed by atoms with Gasteiger partial charge >= 0.3 is 6.03 Å². The highest BCUT2D eigenvalue weighted by atomic mass is 19.1. The highest BCUT2D eigenvalue weighted by Gasteiger charge is 2.36. The van der Waals surface area contributed by atoms with Gasteiger partial charge in [-0.3, -0.25) is 4.90 Å². The largest absolute Gasteiger partial charge is 0.497 e. The number of nitrogens with zero attached hydrogens (tertiary/aromatic N) is 3. The Morgan fingerprint density at radius 3 is 2.50 bits per heavy atom. The Morgan fingerprint density at radius 2 is 1.83 bits per heavy atom. The number of amides is 2. The van der Waals surface area contributed by atoms with Crippen LogP contribution in [0.25, 0.3) is 17.0 Å². The summed E-state index contributed by atoms with van der Waals surface area (Å²) in [5.41, 5.74) is 4.39. The topological polar surface area (TPSA) is 80.5 Å². The van der Waals surface area contributed by atoms with Crippen LogP contribution in [0.15, 0.2) is 83.0 Å². The molecule has 1 N–H and O–H groups in total. The van der Waals surface area contributed by atoms with Crippen molar-refractivity contribution in [3.05, 3.63) is 101 Å². The lowest BCUT2D eigenvalue weighted by Crippen LogP contribution is -2.46. The minimum Gasteiger partial charge on any atom is -0.497 e. The second-order valence-electron chi connectivity index (χ2n) is 8.44. The number of carbonyl (C=O) groups is 1. The van der Waals surface area contributed by atoms with Gasteiger partial charge in [0, 0.05) is 11.3 Å². The van der Waals surface area contributed by atoms with Crippen LogP contribution >= 0.6 is 0 Å². The molecule has 0 saturated heterocycles. The number of benzene rings is 3. The molecule has 0 radical (unpaired) electrons. The van der Waals surface area contributed by atoms with Crippen molar-refractivity contribution in [1.82, 2.24) is 15.5 Å². The number of aromatic nitrogens is 2. The minimum atomic E-state index is -0.677. The molecule has 4 aromatic rings. The summed E-state index contributed by atoms with van der Waals surface area (Å²) in [7, 11) is 1.60. The molecular formula is C28H25FN4O3. The summed E-state index contributed by atoms with van der Waals surface area (Å²) in [5, 5.41) is 7.17. The number of rotatable bonds is 6. The number of aryl methyl sites for hydroxylation is 1. The molecule has 1 aliphatic rings. The van der Waals surface area contributed by atoms with Crippen LogP contribution in [0.3, 0.4) is 0 Å². The molecule has 1 atom stereocenters. The third kappa shape index (κ3) is 4.33. The molecule has 7 nitrogen and oxygen atoms in total. The Balaban J connectivity index is 1.62. The molecule has 1 unspecified atom stereocenters. The maximum Gasteiger partial charge on any atom is 0.326 e. The van der Waals surface area contributed by atoms with Crippen molar-refractivity contribution in [1.29, 1.82) is 0 Å². The van der Waals surface area contributed by atoms with Gasteiger partial charge in [-0.25, -0.2) is 9.18 Å². The van der Waals surface area contributed by atoms with E-state index >= 15 is 0 Å². The maximum atomic E-state index is 14.1. The fraction of sp³-hybridized carbons (Fsp3) is 0.179. The first-order chi connectivity index (χ1) is 17.5. The third-order valence-corrected chi connectivity index (χ3v) is 6.27. The second-order valence-corrected chi connectivity index (χ2v) is 8.44. The van der Waals surface area contributed by atoms with Gasteiger partial charge in [-0.2, -0.15) is 4.98 Å². The van der Waals surface area contributed by atoms with E-state index in [2.05, 4.69) is 22.4 Å². The lowest BCUT2D eigenvalue weighted by Gasteiger charge is -2.35. The van der Waals surface area contributed by atoms with Gasteiger partial charge in [-0.15, -0.1) is 0 Å². The zero-order valence-electron chi connectivity index (χ0n) is 20.2. The molecule has 1 aromatic heterocycles. The van der Waals surface area contributed by atoms with Gasteiger partial charge in [0.25, 0.3) is 5.89 Å². The van der Waals surface area contributed by atoms with E-state index in [-0.39, 0.29) is 11.9 Å². The molecule has 0 spiro atoms. The number of ether oxygens (including phenoxy) is 1. The van der Waals surface area contributed by atoms with Gasteiger partial charge in [-0.1, -0.05) is 36.3 Å². The van der Waals surface area contributed by atoms with Crippen molar-refractivity contribution in [2.45, 2.75) is 26.3 Å². The average Bonchev–Trinajstić information content (AvgIpc) is 3.38. The number of carbonyl (C=O) groups excluding carboxylic acids is 1. The number of hydrogen-bond donors (Lipinski definition) is 1. The molecule has 0 bridgehead atoms. The zero-order chi connectivity index (χ0) is 25.2. The standard InChI is InChI=1S/C28H25FN4O3/c1-4-18-8-12-22(13-9-18)33-17(2)24(25(30-28(33)34)20-6-5-7-21(29)16-20)27-31-26(32-36-27)19-10-14-23(35-3)15-11-19/h5-16,25H,4H2,1-3H3,(H,30,34). The highest BCUT2D eigenvalue weighted by molar-refractivity contribution is 6.01. The Morgan fingerprint density at radius 1 is 1.08 bits per heavy atom. The van der Waals surface area contributed by atoms with Crippen molar-refractivity contribution >= 4 is 17.3 Å². The van der Waals surface area contributed by atoms with Crippen molar-refractivity contribution in [3.8, 4) is 17.1 Å². The number of allylic oxidation sites excluding steroid dienone is 1. The first-order valence-corrected chi connectivity index (χ1v) is 11.6. The molecule has 0 aliphatic carbocycles. The molecule has 0 fully saturated rings. The first-order valence-electron chi connectivity index (χ1n) is 11.6. The Labute approximate surface area is 208 Å². The number of nitrogens with one attached hydrogen (secondary N) is 1. The van der Waals surface area contributed by atoms with Crippen LogP contribution < -0.4 is 15.0 Å². The summed E-state index contributed by atoms with van der Waals surface area (Å²) in [4.78, 5) is 19.5. The molecule has 3 aromatic carbocycles. The van der Waals surface area contributed by atoms with E-state index in [1.807, 2.05) is 55.5 Å². The van der Waals surface area contributed by atoms with E-state index in [1.54, 1.807) is 24.1 Å². The predicted molar refractivity (Wildman–Crippen MR) is 135 cm³/mol. The lowest BCUT2D eigenvalue weighted by molar-refractivity contribution is 0.244. The molecule has 8 heteroatoms. The van der Waals surface area contributed by atoms with Gasteiger partial charge in [0.2, 0.25) is 5.82 Å². The van der Waals surface area contributed by atoms with Crippen molar-refractivity contribution in [2.24, 2.45) is 0 Å². The van der Waals surface area contributed by atoms with E-state index in [4.69, 9.17) is 9.26 Å². The molecular weight excluding hydrogens is 459 g/mol. The Bertz CT molecular complexity index is 1430. The maximum absolute atomic E-state index is 14.1. The molecule has 5 rings (SSSR count). The van der Waals surface area contributed by atoms with Crippen LogP contribution in [0.1, 0.15) is 36.9 Å². The van der Waals surface area contributed by atoms with E-state index in [1.165, 1.54) is 12.1 Å². The summed E-state index contributed by atoms with van der Waals surface area (Å²) < 4.78 is 25.1. The molecule has 2 heterocycles. The van der Waals surface area contributed by atoms with Crippen LogP contribution in [0.5, 0.6) is 5.75 Å². The highest BCUT2D eigenvalue weighted by Crippen LogP contribution is 2.39. The van der Waals surface area contributed by atoms with Gasteiger partial charge in [-0.05, 0) is 73.0 Å². The summed E-state index contributed by atoms with van der Waals surface area (Å²) in [6, 6.07) is 20.2. The van der Waals surface area contributed by atoms with Gasteiger partial charge in [0.1, 0.15) is 11.6 Å². The molecule has 182 valence electrons. The number of halogens is 1. The molecule has 2 amide bonds. The minimum absolute atomic E-state index is 0.239. The van der Waals surface area contributed by atoms with E-state index in [0.29, 0.717) is 34.1 Å². The molecule has 0 saturated carbocycles. The first kappa shape index (κ1) is 23.3. The summed E-state index contributed by atoms with van der Waals surface area (Å²) in [6.45, 7) is 3.90. The summed E-state index contributed by atoms with van der Waals surface area (Å²) >= 11 is 0. The van der Waals surface area contributed by atoms with E-state index < -0.39 is 11.9 Å². The zero-order valence-corrected chi connectivity index (χ0v) is 20.2. The van der Waals surface area contributed by atoms with Crippen LogP contribution in [0.2, 0.25) is 0 Å². The van der Waals surface area contributed by atoms with Gasteiger partial charge in [0.05, 0.1) is 24.4 Å². The number of anilines is 1. The average molecular weight is 485 g/mol. The Kier molecular flexibility index (Phi) is 6.25. The van der Waals surface area contributed by atoms with Crippen molar-refractivity contribution in [2.75, 3.05) is 12.0 Å². The van der Waals surface area contributed by atoms with Gasteiger partial charge in [0.15, 0.2) is 0 Å². The van der Waals surface area contributed by atoms with Crippen molar-refractivity contribution < 1.29 is 18.4 Å². The summed E-state index contributed by atoms with van der Waals surface area (Å²) in [6.07, 6.45) is 0.893. The normalized spacial score (nSPS) is 15.7. The van der Waals surface area contributed by atoms with Crippen molar-refractivity contribution in [3.63, 3.8) is 0 Å². The lowest BCUT2D eigenvalue weighted by atomic mass is 9.94. The monoisotopic (exact) mass is 484 g/mol. The fourth-order valence-corrected chi connectivity index (χ4v) is 4.34. The predicted octanol–water partition coefficient (Wildman–Crippen LogP) is 6.15.